The molecule has 2 aromatic heterocycles. The van der Waals surface area contributed by atoms with E-state index in [0.29, 0.717) is 0 Å². The molecule has 0 saturated heterocycles. The van der Waals surface area contributed by atoms with Crippen LogP contribution in [0.15, 0.2) is 170 Å². The fourth-order valence-electron chi connectivity index (χ4n) is 7.98. The Morgan fingerprint density at radius 1 is 0.392 bits per heavy atom. The average molecular weight is 653 g/mol. The van der Waals surface area contributed by atoms with Crippen LogP contribution in [-0.2, 0) is 0 Å². The molecule has 0 radical (unpaired) electrons. The molecule has 238 valence electrons. The highest BCUT2D eigenvalue weighted by Crippen LogP contribution is 2.52. The minimum absolute atomic E-state index is 0.800. The second kappa shape index (κ2) is 10.8. The Balaban J connectivity index is 1.14. The average Bonchev–Trinajstić information content (AvgIpc) is 3.54. The predicted molar refractivity (Wildman–Crippen MR) is 209 cm³/mol. The number of anilines is 3. The minimum atomic E-state index is 0.800. The van der Waals surface area contributed by atoms with Crippen molar-refractivity contribution in [3.05, 3.63) is 170 Å². The lowest BCUT2D eigenvalue weighted by atomic mass is 9.95. The van der Waals surface area contributed by atoms with Gasteiger partial charge in [0.05, 0.1) is 39.1 Å². The zero-order valence-corrected chi connectivity index (χ0v) is 27.4. The van der Waals surface area contributed by atoms with Crippen molar-refractivity contribution in [2.24, 2.45) is 0 Å². The van der Waals surface area contributed by atoms with E-state index in [4.69, 9.17) is 14.7 Å². The predicted octanol–water partition coefficient (Wildman–Crippen LogP) is 12.3. The smallest absolute Gasteiger partial charge is 0.153 e. The Kier molecular flexibility index (Phi) is 5.89. The van der Waals surface area contributed by atoms with E-state index in [1.54, 1.807) is 12.4 Å². The lowest BCUT2D eigenvalue weighted by molar-refractivity contribution is 0.477. The molecule has 8 aromatic carbocycles. The maximum Gasteiger partial charge on any atom is 0.153 e. The Hall–Kier alpha value is -6.98. The van der Waals surface area contributed by atoms with Crippen LogP contribution in [0.1, 0.15) is 0 Å². The molecule has 10 aromatic rings. The molecule has 11 rings (SSSR count). The lowest BCUT2D eigenvalue weighted by Gasteiger charge is -2.33. The molecule has 3 heterocycles. The van der Waals surface area contributed by atoms with Gasteiger partial charge in [0.25, 0.3) is 0 Å². The Bertz CT molecular complexity index is 2970. The highest BCUT2D eigenvalue weighted by Gasteiger charge is 2.27. The summed E-state index contributed by atoms with van der Waals surface area (Å²) in [4.78, 5) is 12.0. The summed E-state index contributed by atoms with van der Waals surface area (Å²) in [6.07, 6.45) is 3.56. The molecule has 1 aliphatic rings. The van der Waals surface area contributed by atoms with Gasteiger partial charge >= 0.3 is 0 Å². The van der Waals surface area contributed by atoms with Gasteiger partial charge in [-0.2, -0.15) is 0 Å². The Morgan fingerprint density at radius 3 is 1.76 bits per heavy atom. The molecule has 0 spiro atoms. The normalized spacial score (nSPS) is 12.4. The fraction of sp³-hybridized carbons (Fsp3) is 0. The number of hydrogen-bond acceptors (Lipinski definition) is 4. The first-order valence-electron chi connectivity index (χ1n) is 17.2. The van der Waals surface area contributed by atoms with Crippen LogP contribution < -0.4 is 9.64 Å². The molecular weight excluding hydrogens is 625 g/mol. The van der Waals surface area contributed by atoms with Crippen molar-refractivity contribution in [2.75, 3.05) is 4.90 Å². The fourth-order valence-corrected chi connectivity index (χ4v) is 7.98. The number of nitrogens with zero attached hydrogens (tertiary/aromatic N) is 4. The van der Waals surface area contributed by atoms with Crippen LogP contribution >= 0.6 is 0 Å². The molecule has 0 unspecified atom stereocenters. The van der Waals surface area contributed by atoms with E-state index < -0.39 is 0 Å². The van der Waals surface area contributed by atoms with Crippen LogP contribution in [0, 0.1) is 0 Å². The van der Waals surface area contributed by atoms with Crippen LogP contribution in [0.4, 0.5) is 17.1 Å². The van der Waals surface area contributed by atoms with Crippen molar-refractivity contribution in [1.82, 2.24) is 14.5 Å². The Morgan fingerprint density at radius 2 is 1.00 bits per heavy atom. The molecule has 5 heteroatoms. The SMILES string of the molecule is c1ccc(-c2ccc3c(c2)c2cc(N4c5ccccc5Oc5cc(-n6c7ccccc7c7ccccc76)ccc54)ccc2c2nccnc32)cc1. The summed E-state index contributed by atoms with van der Waals surface area (Å²) in [5.74, 6) is 1.61. The third-order valence-electron chi connectivity index (χ3n) is 10.2. The number of rotatable bonds is 3. The van der Waals surface area contributed by atoms with Gasteiger partial charge in [-0.3, -0.25) is 9.97 Å². The maximum absolute atomic E-state index is 6.70. The van der Waals surface area contributed by atoms with Gasteiger partial charge in [0.1, 0.15) is 0 Å². The summed E-state index contributed by atoms with van der Waals surface area (Å²) in [5, 5.41) is 6.89. The van der Waals surface area contributed by atoms with Gasteiger partial charge in [-0.1, -0.05) is 97.1 Å². The monoisotopic (exact) mass is 652 g/mol. The standard InChI is InChI=1S/C46H28N4O/c1-2-10-29(11-3-1)30-18-21-35-37(26-30)38-27-31(19-22-36(38)46-45(35)47-24-25-48-46)50-41-16-8-9-17-43(41)51-44-28-32(20-23-42(44)50)49-39-14-6-4-12-33(39)34-13-5-7-15-40(34)49/h1-28H. The molecule has 0 N–H and O–H groups in total. The largest absolute Gasteiger partial charge is 0.453 e. The number of fused-ring (bicyclic) bond motifs is 11. The topological polar surface area (TPSA) is 43.2 Å². The van der Waals surface area contributed by atoms with E-state index in [2.05, 4.69) is 155 Å². The van der Waals surface area contributed by atoms with Gasteiger partial charge in [0, 0.05) is 45.7 Å². The lowest BCUT2D eigenvalue weighted by Crippen LogP contribution is -2.16. The molecule has 0 atom stereocenters. The van der Waals surface area contributed by atoms with Crippen LogP contribution in [0.25, 0.3) is 71.2 Å². The van der Waals surface area contributed by atoms with Crippen molar-refractivity contribution >= 4 is 71.4 Å². The zero-order chi connectivity index (χ0) is 33.5. The molecule has 0 saturated carbocycles. The summed E-state index contributed by atoms with van der Waals surface area (Å²) in [7, 11) is 0. The van der Waals surface area contributed by atoms with Gasteiger partial charge in [0.15, 0.2) is 11.5 Å². The summed E-state index contributed by atoms with van der Waals surface area (Å²) in [6.45, 7) is 0. The molecule has 0 aliphatic carbocycles. The van der Waals surface area contributed by atoms with E-state index in [0.717, 1.165) is 72.4 Å². The van der Waals surface area contributed by atoms with Crippen LogP contribution in [0.3, 0.4) is 0 Å². The number of para-hydroxylation sites is 4. The van der Waals surface area contributed by atoms with E-state index >= 15 is 0 Å². The summed E-state index contributed by atoms with van der Waals surface area (Å²) >= 11 is 0. The van der Waals surface area contributed by atoms with Crippen molar-refractivity contribution in [3.63, 3.8) is 0 Å². The van der Waals surface area contributed by atoms with Crippen molar-refractivity contribution in [2.45, 2.75) is 0 Å². The number of benzene rings is 8. The summed E-state index contributed by atoms with van der Waals surface area (Å²) < 4.78 is 9.03. The van der Waals surface area contributed by atoms with E-state index in [9.17, 15) is 0 Å². The van der Waals surface area contributed by atoms with Gasteiger partial charge in [-0.05, 0) is 76.5 Å². The van der Waals surface area contributed by atoms with Gasteiger partial charge < -0.3 is 14.2 Å². The number of hydrogen-bond donors (Lipinski definition) is 0. The zero-order valence-electron chi connectivity index (χ0n) is 27.4. The molecule has 51 heavy (non-hydrogen) atoms. The van der Waals surface area contributed by atoms with E-state index in [1.165, 1.54) is 27.4 Å². The number of aromatic nitrogens is 3. The molecule has 0 amide bonds. The van der Waals surface area contributed by atoms with Crippen molar-refractivity contribution in [3.8, 4) is 28.3 Å². The van der Waals surface area contributed by atoms with Gasteiger partial charge in [-0.15, -0.1) is 0 Å². The first-order valence-corrected chi connectivity index (χ1v) is 17.2. The molecule has 0 fully saturated rings. The third-order valence-corrected chi connectivity index (χ3v) is 10.2. The Labute approximate surface area is 293 Å². The quantitative estimate of drug-likeness (QED) is 0.178. The van der Waals surface area contributed by atoms with Crippen LogP contribution in [0.5, 0.6) is 11.5 Å². The second-order valence-electron chi connectivity index (χ2n) is 13.0. The molecule has 5 nitrogen and oxygen atoms in total. The first kappa shape index (κ1) is 27.9. The maximum atomic E-state index is 6.70. The molecular formula is C46H28N4O. The molecule has 1 aliphatic heterocycles. The highest BCUT2D eigenvalue weighted by molar-refractivity contribution is 6.24. The van der Waals surface area contributed by atoms with Crippen molar-refractivity contribution < 1.29 is 4.74 Å². The summed E-state index contributed by atoms with van der Waals surface area (Å²) in [5.41, 5.74) is 10.5. The van der Waals surface area contributed by atoms with Crippen molar-refractivity contribution in [1.29, 1.82) is 0 Å². The third kappa shape index (κ3) is 4.15. The highest BCUT2D eigenvalue weighted by atomic mass is 16.5. The van der Waals surface area contributed by atoms with E-state index in [-0.39, 0.29) is 0 Å². The van der Waals surface area contributed by atoms with Crippen LogP contribution in [0.2, 0.25) is 0 Å². The van der Waals surface area contributed by atoms with E-state index in [1.807, 2.05) is 12.1 Å². The van der Waals surface area contributed by atoms with Gasteiger partial charge in [0.2, 0.25) is 0 Å². The van der Waals surface area contributed by atoms with Crippen LogP contribution in [-0.4, -0.2) is 14.5 Å². The first-order chi connectivity index (χ1) is 25.3. The summed E-state index contributed by atoms with van der Waals surface area (Å²) in [6, 6.07) is 55.9. The second-order valence-corrected chi connectivity index (χ2v) is 13.0. The number of ether oxygens (including phenoxy) is 1. The van der Waals surface area contributed by atoms with Gasteiger partial charge in [-0.25, -0.2) is 0 Å². The molecule has 0 bridgehead atoms. The minimum Gasteiger partial charge on any atom is -0.453 e.